The van der Waals surface area contributed by atoms with Gasteiger partial charge in [0.05, 0.1) is 0 Å². The second-order valence-electron chi connectivity index (χ2n) is 6.19. The first kappa shape index (κ1) is 13.4. The van der Waals surface area contributed by atoms with Crippen LogP contribution in [0.1, 0.15) is 52.4 Å². The highest BCUT2D eigenvalue weighted by Gasteiger charge is 2.24. The monoisotopic (exact) mass is 238 g/mol. The van der Waals surface area contributed by atoms with Crippen LogP contribution in [0, 0.1) is 11.8 Å². The summed E-state index contributed by atoms with van der Waals surface area (Å²) in [6.07, 6.45) is 8.47. The van der Waals surface area contributed by atoms with E-state index in [1.807, 2.05) is 0 Å². The van der Waals surface area contributed by atoms with E-state index in [4.69, 9.17) is 0 Å². The third kappa shape index (κ3) is 3.96. The topological polar surface area (TPSA) is 15.3 Å². The zero-order valence-electron chi connectivity index (χ0n) is 11.8. The highest BCUT2D eigenvalue weighted by atomic mass is 15.2. The minimum absolute atomic E-state index is 0.752. The van der Waals surface area contributed by atoms with Gasteiger partial charge < -0.3 is 10.2 Å². The lowest BCUT2D eigenvalue weighted by atomic mass is 9.92. The van der Waals surface area contributed by atoms with Gasteiger partial charge in [-0.25, -0.2) is 0 Å². The van der Waals surface area contributed by atoms with Crippen molar-refractivity contribution in [1.29, 1.82) is 0 Å². The van der Waals surface area contributed by atoms with Gasteiger partial charge in [-0.05, 0) is 63.6 Å². The minimum Gasteiger partial charge on any atom is -0.312 e. The van der Waals surface area contributed by atoms with Crippen LogP contribution >= 0.6 is 0 Å². The van der Waals surface area contributed by atoms with Crippen LogP contribution in [0.15, 0.2) is 0 Å². The van der Waals surface area contributed by atoms with E-state index in [9.17, 15) is 0 Å². The van der Waals surface area contributed by atoms with Crippen LogP contribution in [0.4, 0.5) is 0 Å². The van der Waals surface area contributed by atoms with Gasteiger partial charge in [0.1, 0.15) is 0 Å². The Hall–Kier alpha value is -0.0800. The van der Waals surface area contributed by atoms with Crippen molar-refractivity contribution in [2.45, 2.75) is 58.4 Å². The summed E-state index contributed by atoms with van der Waals surface area (Å²) in [5, 5.41) is 3.72. The van der Waals surface area contributed by atoms with Crippen LogP contribution in [0.25, 0.3) is 0 Å². The van der Waals surface area contributed by atoms with Gasteiger partial charge in [-0.2, -0.15) is 0 Å². The molecule has 0 spiro atoms. The van der Waals surface area contributed by atoms with E-state index < -0.39 is 0 Å². The molecular formula is C15H30N2. The summed E-state index contributed by atoms with van der Waals surface area (Å²) in [6, 6.07) is 0.752. The fraction of sp³-hybridized carbons (Fsp3) is 1.00. The number of nitrogens with one attached hydrogen (secondary N) is 1. The molecule has 17 heavy (non-hydrogen) atoms. The number of hydrogen-bond donors (Lipinski definition) is 1. The van der Waals surface area contributed by atoms with Crippen LogP contribution in [0.2, 0.25) is 0 Å². The van der Waals surface area contributed by atoms with E-state index in [1.54, 1.807) is 0 Å². The van der Waals surface area contributed by atoms with Crippen LogP contribution in [0.5, 0.6) is 0 Å². The fourth-order valence-corrected chi connectivity index (χ4v) is 3.45. The van der Waals surface area contributed by atoms with Crippen molar-refractivity contribution in [2.75, 3.05) is 26.2 Å². The molecule has 2 rings (SSSR count). The van der Waals surface area contributed by atoms with E-state index in [0.29, 0.717) is 0 Å². The molecule has 0 aromatic carbocycles. The maximum Gasteiger partial charge on any atom is 0.0220 e. The molecule has 3 unspecified atom stereocenters. The summed E-state index contributed by atoms with van der Waals surface area (Å²) < 4.78 is 0. The molecule has 2 nitrogen and oxygen atoms in total. The highest BCUT2D eigenvalue weighted by Crippen LogP contribution is 2.22. The van der Waals surface area contributed by atoms with E-state index in [0.717, 1.165) is 17.9 Å². The average molecular weight is 238 g/mol. The van der Waals surface area contributed by atoms with Crippen LogP contribution in [0.3, 0.4) is 0 Å². The molecule has 0 aromatic heterocycles. The summed E-state index contributed by atoms with van der Waals surface area (Å²) in [5.41, 5.74) is 0. The zero-order chi connectivity index (χ0) is 12.1. The van der Waals surface area contributed by atoms with E-state index in [1.165, 1.54) is 64.7 Å². The van der Waals surface area contributed by atoms with Crippen LogP contribution < -0.4 is 5.32 Å². The summed E-state index contributed by atoms with van der Waals surface area (Å²) in [6.45, 7) is 9.97. The van der Waals surface area contributed by atoms with Gasteiger partial charge in [-0.3, -0.25) is 0 Å². The summed E-state index contributed by atoms with van der Waals surface area (Å²) in [5.74, 6) is 1.87. The average Bonchev–Trinajstić information content (AvgIpc) is 2.57. The molecule has 3 atom stereocenters. The van der Waals surface area contributed by atoms with Gasteiger partial charge >= 0.3 is 0 Å². The van der Waals surface area contributed by atoms with Gasteiger partial charge in [0.25, 0.3) is 0 Å². The molecule has 2 fully saturated rings. The van der Waals surface area contributed by atoms with E-state index >= 15 is 0 Å². The Labute approximate surface area is 107 Å². The minimum atomic E-state index is 0.752. The van der Waals surface area contributed by atoms with Crippen molar-refractivity contribution in [3.63, 3.8) is 0 Å². The smallest absolute Gasteiger partial charge is 0.0220 e. The highest BCUT2D eigenvalue weighted by molar-refractivity contribution is 4.82. The molecule has 2 heteroatoms. The number of hydrogen-bond acceptors (Lipinski definition) is 2. The molecule has 0 radical (unpaired) electrons. The number of rotatable bonds is 3. The largest absolute Gasteiger partial charge is 0.312 e. The molecule has 0 bridgehead atoms. The molecule has 0 aromatic rings. The molecule has 0 amide bonds. The van der Waals surface area contributed by atoms with Gasteiger partial charge in [0, 0.05) is 12.6 Å². The molecule has 0 saturated carbocycles. The summed E-state index contributed by atoms with van der Waals surface area (Å²) in [4.78, 5) is 2.72. The molecule has 2 saturated heterocycles. The molecule has 1 N–H and O–H groups in total. The number of likely N-dealkylation sites (tertiary alicyclic amines) is 1. The van der Waals surface area contributed by atoms with Crippen molar-refractivity contribution < 1.29 is 0 Å². The van der Waals surface area contributed by atoms with E-state index in [2.05, 4.69) is 24.1 Å². The van der Waals surface area contributed by atoms with Crippen LogP contribution in [-0.4, -0.2) is 37.1 Å². The second kappa shape index (κ2) is 6.75. The van der Waals surface area contributed by atoms with Crippen LogP contribution in [-0.2, 0) is 0 Å². The third-order valence-electron chi connectivity index (χ3n) is 4.90. The molecule has 2 aliphatic heterocycles. The number of piperidine rings is 1. The maximum absolute atomic E-state index is 3.72. The van der Waals surface area contributed by atoms with Gasteiger partial charge in [0.15, 0.2) is 0 Å². The Morgan fingerprint density at radius 1 is 1.12 bits per heavy atom. The van der Waals surface area contributed by atoms with Gasteiger partial charge in [0.2, 0.25) is 0 Å². The second-order valence-corrected chi connectivity index (χ2v) is 6.19. The van der Waals surface area contributed by atoms with Crippen molar-refractivity contribution in [3.05, 3.63) is 0 Å². The molecule has 2 heterocycles. The van der Waals surface area contributed by atoms with Gasteiger partial charge in [-0.1, -0.05) is 20.3 Å². The summed E-state index contributed by atoms with van der Waals surface area (Å²) >= 11 is 0. The Balaban J connectivity index is 1.77. The quantitative estimate of drug-likeness (QED) is 0.813. The fourth-order valence-electron chi connectivity index (χ4n) is 3.45. The Bertz CT molecular complexity index is 217. The lowest BCUT2D eigenvalue weighted by molar-refractivity contribution is 0.193. The SMILES string of the molecule is CCC1CCCN(CC2NCCCC2C)CC1. The van der Waals surface area contributed by atoms with Crippen molar-refractivity contribution in [1.82, 2.24) is 10.2 Å². The van der Waals surface area contributed by atoms with Crippen molar-refractivity contribution in [2.24, 2.45) is 11.8 Å². The zero-order valence-corrected chi connectivity index (χ0v) is 11.8. The summed E-state index contributed by atoms with van der Waals surface area (Å²) in [7, 11) is 0. The normalized spacial score (nSPS) is 36.7. The standard InChI is InChI=1S/C15H30N2/c1-3-14-7-5-10-17(11-8-14)12-15-13(2)6-4-9-16-15/h13-16H,3-12H2,1-2H3. The van der Waals surface area contributed by atoms with E-state index in [-0.39, 0.29) is 0 Å². The van der Waals surface area contributed by atoms with Crippen molar-refractivity contribution in [3.8, 4) is 0 Å². The predicted molar refractivity (Wildman–Crippen MR) is 74.3 cm³/mol. The third-order valence-corrected chi connectivity index (χ3v) is 4.90. The first-order chi connectivity index (χ1) is 8.29. The van der Waals surface area contributed by atoms with Gasteiger partial charge in [-0.15, -0.1) is 0 Å². The molecule has 100 valence electrons. The Morgan fingerprint density at radius 3 is 2.76 bits per heavy atom. The Morgan fingerprint density at radius 2 is 2.00 bits per heavy atom. The Kier molecular flexibility index (Phi) is 5.30. The van der Waals surface area contributed by atoms with Crippen molar-refractivity contribution >= 4 is 0 Å². The number of nitrogens with zero attached hydrogens (tertiary/aromatic N) is 1. The first-order valence-corrected chi connectivity index (χ1v) is 7.75. The lowest BCUT2D eigenvalue weighted by Gasteiger charge is -2.34. The molecule has 2 aliphatic rings. The lowest BCUT2D eigenvalue weighted by Crippen LogP contribution is -2.48. The predicted octanol–water partition coefficient (Wildman–Crippen LogP) is 2.89. The first-order valence-electron chi connectivity index (χ1n) is 7.75. The maximum atomic E-state index is 3.72. The molecular weight excluding hydrogens is 208 g/mol. The molecule has 0 aliphatic carbocycles.